The third-order valence-electron chi connectivity index (χ3n) is 2.81. The Hall–Kier alpha value is -1.14. The molecular weight excluding hydrogens is 272 g/mol. The van der Waals surface area contributed by atoms with E-state index in [0.29, 0.717) is 19.7 Å². The molecule has 0 aromatic rings. The smallest absolute Gasteiger partial charge is 0.326 e. The number of carbonyl (C=O) groups excluding carboxylic acids is 2. The Morgan fingerprint density at radius 3 is 2.38 bits per heavy atom. The predicted molar refractivity (Wildman–Crippen MR) is 79.9 cm³/mol. The van der Waals surface area contributed by atoms with Crippen LogP contribution in [0.5, 0.6) is 0 Å². The SMILES string of the molecule is CC(C)(C)OCC1NCCN(CC(=O)OC(C)(C)C)C1=O. The van der Waals surface area contributed by atoms with E-state index in [-0.39, 0.29) is 24.0 Å². The van der Waals surface area contributed by atoms with Crippen LogP contribution < -0.4 is 5.32 Å². The van der Waals surface area contributed by atoms with Crippen LogP contribution in [0.4, 0.5) is 0 Å². The van der Waals surface area contributed by atoms with Gasteiger partial charge in [0.1, 0.15) is 18.2 Å². The van der Waals surface area contributed by atoms with Gasteiger partial charge in [-0.25, -0.2) is 0 Å². The van der Waals surface area contributed by atoms with E-state index >= 15 is 0 Å². The second-order valence-electron chi connectivity index (χ2n) is 7.28. The van der Waals surface area contributed by atoms with E-state index < -0.39 is 11.6 Å². The molecule has 0 aliphatic carbocycles. The van der Waals surface area contributed by atoms with E-state index in [9.17, 15) is 9.59 Å². The highest BCUT2D eigenvalue weighted by Gasteiger charge is 2.31. The molecule has 1 fully saturated rings. The maximum Gasteiger partial charge on any atom is 0.326 e. The third kappa shape index (κ3) is 6.91. The van der Waals surface area contributed by atoms with E-state index in [0.717, 1.165) is 0 Å². The van der Waals surface area contributed by atoms with Crippen LogP contribution in [0.1, 0.15) is 41.5 Å². The largest absolute Gasteiger partial charge is 0.459 e. The first kappa shape index (κ1) is 17.9. The average molecular weight is 300 g/mol. The molecular formula is C15H28N2O4. The number of piperazine rings is 1. The van der Waals surface area contributed by atoms with Crippen molar-refractivity contribution in [3.05, 3.63) is 0 Å². The summed E-state index contributed by atoms with van der Waals surface area (Å²) in [6.07, 6.45) is 0. The number of hydrogen-bond donors (Lipinski definition) is 1. The van der Waals surface area contributed by atoms with Gasteiger partial charge in [-0.15, -0.1) is 0 Å². The van der Waals surface area contributed by atoms with Gasteiger partial charge in [-0.05, 0) is 41.5 Å². The number of amides is 1. The van der Waals surface area contributed by atoms with Gasteiger partial charge >= 0.3 is 5.97 Å². The molecule has 1 rings (SSSR count). The molecule has 1 atom stereocenters. The number of esters is 1. The zero-order valence-corrected chi connectivity index (χ0v) is 14.0. The second-order valence-corrected chi connectivity index (χ2v) is 7.28. The first-order chi connectivity index (χ1) is 9.48. The lowest BCUT2D eigenvalue weighted by Gasteiger charge is -2.34. The Morgan fingerprint density at radius 2 is 1.86 bits per heavy atom. The van der Waals surface area contributed by atoms with Gasteiger partial charge in [0.25, 0.3) is 0 Å². The van der Waals surface area contributed by atoms with Crippen LogP contribution in [0.25, 0.3) is 0 Å². The maximum absolute atomic E-state index is 12.3. The molecule has 21 heavy (non-hydrogen) atoms. The molecule has 0 aromatic carbocycles. The minimum absolute atomic E-state index is 0.0101. The van der Waals surface area contributed by atoms with Gasteiger partial charge in [0.2, 0.25) is 5.91 Å². The van der Waals surface area contributed by atoms with Crippen molar-refractivity contribution in [1.82, 2.24) is 10.2 Å². The van der Waals surface area contributed by atoms with Crippen LogP contribution in [-0.2, 0) is 19.1 Å². The Balaban J connectivity index is 2.53. The van der Waals surface area contributed by atoms with Crippen molar-refractivity contribution >= 4 is 11.9 Å². The molecule has 0 spiro atoms. The minimum Gasteiger partial charge on any atom is -0.459 e. The summed E-state index contributed by atoms with van der Waals surface area (Å²) >= 11 is 0. The van der Waals surface area contributed by atoms with Gasteiger partial charge < -0.3 is 19.7 Å². The minimum atomic E-state index is -0.539. The van der Waals surface area contributed by atoms with Gasteiger partial charge in [-0.3, -0.25) is 9.59 Å². The van der Waals surface area contributed by atoms with Gasteiger partial charge in [-0.2, -0.15) is 0 Å². The number of nitrogens with one attached hydrogen (secondary N) is 1. The van der Waals surface area contributed by atoms with Crippen LogP contribution in [0.15, 0.2) is 0 Å². The summed E-state index contributed by atoms with van der Waals surface area (Å²) in [5, 5.41) is 3.12. The van der Waals surface area contributed by atoms with E-state index in [1.165, 1.54) is 4.90 Å². The summed E-state index contributed by atoms with van der Waals surface area (Å²) in [5.74, 6) is -0.496. The summed E-state index contributed by atoms with van der Waals surface area (Å²) in [5.41, 5.74) is -0.835. The van der Waals surface area contributed by atoms with Crippen LogP contribution in [0, 0.1) is 0 Å². The van der Waals surface area contributed by atoms with E-state index in [4.69, 9.17) is 9.47 Å². The molecule has 1 saturated heterocycles. The molecule has 1 unspecified atom stereocenters. The van der Waals surface area contributed by atoms with Gasteiger partial charge in [0.15, 0.2) is 0 Å². The van der Waals surface area contributed by atoms with E-state index in [1.807, 2.05) is 41.5 Å². The van der Waals surface area contributed by atoms with E-state index in [1.54, 1.807) is 0 Å². The van der Waals surface area contributed by atoms with Crippen LogP contribution in [0.3, 0.4) is 0 Å². The zero-order chi connectivity index (χ0) is 16.3. The molecule has 6 nitrogen and oxygen atoms in total. The maximum atomic E-state index is 12.3. The average Bonchev–Trinajstić information content (AvgIpc) is 2.26. The highest BCUT2D eigenvalue weighted by Crippen LogP contribution is 2.11. The molecule has 0 bridgehead atoms. The molecule has 1 amide bonds. The monoisotopic (exact) mass is 300 g/mol. The second kappa shape index (κ2) is 6.75. The van der Waals surface area contributed by atoms with Crippen molar-refractivity contribution in [3.63, 3.8) is 0 Å². The number of hydrogen-bond acceptors (Lipinski definition) is 5. The quantitative estimate of drug-likeness (QED) is 0.783. The highest BCUT2D eigenvalue weighted by molar-refractivity contribution is 5.86. The van der Waals surface area contributed by atoms with Crippen molar-refractivity contribution in [3.8, 4) is 0 Å². The summed E-state index contributed by atoms with van der Waals surface area (Å²) in [6, 6.07) is -0.402. The van der Waals surface area contributed by atoms with Crippen LogP contribution >= 0.6 is 0 Å². The molecule has 0 aromatic heterocycles. The Bertz CT molecular complexity index is 382. The number of rotatable bonds is 4. The van der Waals surface area contributed by atoms with Gasteiger partial charge in [0.05, 0.1) is 12.2 Å². The van der Waals surface area contributed by atoms with Crippen LogP contribution in [0.2, 0.25) is 0 Å². The molecule has 1 aliphatic heterocycles. The Morgan fingerprint density at radius 1 is 1.24 bits per heavy atom. The molecule has 1 heterocycles. The van der Waals surface area contributed by atoms with Gasteiger partial charge in [-0.1, -0.05) is 0 Å². The van der Waals surface area contributed by atoms with Crippen molar-refractivity contribution < 1.29 is 19.1 Å². The third-order valence-corrected chi connectivity index (χ3v) is 2.81. The lowest BCUT2D eigenvalue weighted by Crippen LogP contribution is -2.58. The fourth-order valence-corrected chi connectivity index (χ4v) is 1.94. The zero-order valence-electron chi connectivity index (χ0n) is 14.0. The van der Waals surface area contributed by atoms with Crippen molar-refractivity contribution in [2.45, 2.75) is 58.8 Å². The number of nitrogens with zero attached hydrogens (tertiary/aromatic N) is 1. The summed E-state index contributed by atoms with van der Waals surface area (Å²) in [6.45, 7) is 12.7. The number of ether oxygens (including phenoxy) is 2. The van der Waals surface area contributed by atoms with Crippen LogP contribution in [-0.4, -0.2) is 60.3 Å². The first-order valence-corrected chi connectivity index (χ1v) is 7.36. The summed E-state index contributed by atoms with van der Waals surface area (Å²) < 4.78 is 10.9. The topological polar surface area (TPSA) is 67.9 Å². The van der Waals surface area contributed by atoms with E-state index in [2.05, 4.69) is 5.32 Å². The van der Waals surface area contributed by atoms with Crippen molar-refractivity contribution in [2.75, 3.05) is 26.2 Å². The fraction of sp³-hybridized carbons (Fsp3) is 0.867. The lowest BCUT2D eigenvalue weighted by atomic mass is 10.1. The fourth-order valence-electron chi connectivity index (χ4n) is 1.94. The molecule has 0 saturated carbocycles. The van der Waals surface area contributed by atoms with Crippen molar-refractivity contribution in [2.24, 2.45) is 0 Å². The summed E-state index contributed by atoms with van der Waals surface area (Å²) in [7, 11) is 0. The first-order valence-electron chi connectivity index (χ1n) is 7.36. The van der Waals surface area contributed by atoms with Gasteiger partial charge in [0, 0.05) is 13.1 Å². The molecule has 122 valence electrons. The highest BCUT2D eigenvalue weighted by atomic mass is 16.6. The number of carbonyl (C=O) groups is 2. The molecule has 6 heteroatoms. The lowest BCUT2D eigenvalue weighted by molar-refractivity contribution is -0.160. The Labute approximate surface area is 127 Å². The molecule has 1 N–H and O–H groups in total. The predicted octanol–water partition coefficient (Wildman–Crippen LogP) is 0.944. The standard InChI is InChI=1S/C15H28N2O4/c1-14(2,3)20-10-11-13(19)17(8-7-16-11)9-12(18)21-15(4,5)6/h11,16H,7-10H2,1-6H3. The molecule has 0 radical (unpaired) electrons. The molecule has 1 aliphatic rings. The van der Waals surface area contributed by atoms with Crippen molar-refractivity contribution in [1.29, 1.82) is 0 Å². The normalized spacial score (nSPS) is 20.6. The Kier molecular flexibility index (Phi) is 5.75. The summed E-state index contributed by atoms with van der Waals surface area (Å²) in [4.78, 5) is 25.7.